The highest BCUT2D eigenvalue weighted by molar-refractivity contribution is 5.89. The Morgan fingerprint density at radius 3 is 2.76 bits per heavy atom. The summed E-state index contributed by atoms with van der Waals surface area (Å²) in [5, 5.41) is 13.2. The first-order valence-corrected chi connectivity index (χ1v) is 7.50. The fraction of sp³-hybridized carbons (Fsp3) is 0.562. The van der Waals surface area contributed by atoms with Gasteiger partial charge in [-0.2, -0.15) is 0 Å². The van der Waals surface area contributed by atoms with E-state index >= 15 is 0 Å². The molecule has 1 aliphatic carbocycles. The zero-order chi connectivity index (χ0) is 15.5. The molecule has 1 saturated carbocycles. The van der Waals surface area contributed by atoms with Crippen molar-refractivity contribution in [2.75, 3.05) is 18.9 Å². The van der Waals surface area contributed by atoms with E-state index < -0.39 is 5.60 Å². The van der Waals surface area contributed by atoms with Gasteiger partial charge in [0.2, 0.25) is 0 Å². The standard InChI is InChI=1S/C16H25N3O2/c1-12(17)13-6-5-7-14(10-13)18-15(20)19(2)11-16(21)8-3-4-9-16/h5-7,10,12,21H,3-4,8-9,11,17H2,1-2H3,(H,18,20). The Bertz CT molecular complexity index is 496. The minimum absolute atomic E-state index is 0.0706. The predicted octanol–water partition coefficient (Wildman–Crippen LogP) is 2.48. The highest BCUT2D eigenvalue weighted by Crippen LogP contribution is 2.30. The molecular formula is C16H25N3O2. The highest BCUT2D eigenvalue weighted by atomic mass is 16.3. The molecular weight excluding hydrogens is 266 g/mol. The van der Waals surface area contributed by atoms with E-state index in [2.05, 4.69) is 5.32 Å². The van der Waals surface area contributed by atoms with Crippen LogP contribution in [0.1, 0.15) is 44.2 Å². The van der Waals surface area contributed by atoms with E-state index in [9.17, 15) is 9.90 Å². The molecule has 5 nitrogen and oxygen atoms in total. The van der Waals surface area contributed by atoms with Crippen LogP contribution >= 0.6 is 0 Å². The number of nitrogens with two attached hydrogens (primary N) is 1. The van der Waals surface area contributed by atoms with Crippen LogP contribution in [0.2, 0.25) is 0 Å². The molecule has 1 aromatic rings. The van der Waals surface area contributed by atoms with Crippen LogP contribution in [-0.2, 0) is 0 Å². The lowest BCUT2D eigenvalue weighted by atomic mass is 10.0. The monoisotopic (exact) mass is 291 g/mol. The van der Waals surface area contributed by atoms with Crippen molar-refractivity contribution in [1.29, 1.82) is 0 Å². The summed E-state index contributed by atoms with van der Waals surface area (Å²) in [6, 6.07) is 7.24. The lowest BCUT2D eigenvalue weighted by molar-refractivity contribution is 0.0261. The molecule has 2 amide bonds. The highest BCUT2D eigenvalue weighted by Gasteiger charge is 2.33. The first-order valence-electron chi connectivity index (χ1n) is 7.50. The van der Waals surface area contributed by atoms with E-state index in [1.54, 1.807) is 11.9 Å². The molecule has 1 unspecified atom stereocenters. The van der Waals surface area contributed by atoms with Crippen molar-refractivity contribution >= 4 is 11.7 Å². The fourth-order valence-electron chi connectivity index (χ4n) is 2.82. The third-order valence-electron chi connectivity index (χ3n) is 4.08. The molecule has 0 spiro atoms. The van der Waals surface area contributed by atoms with E-state index in [4.69, 9.17) is 5.73 Å². The maximum atomic E-state index is 12.2. The number of amides is 2. The number of anilines is 1. The smallest absolute Gasteiger partial charge is 0.321 e. The minimum Gasteiger partial charge on any atom is -0.388 e. The largest absolute Gasteiger partial charge is 0.388 e. The van der Waals surface area contributed by atoms with Crippen molar-refractivity contribution in [3.63, 3.8) is 0 Å². The van der Waals surface area contributed by atoms with Crippen LogP contribution in [0.15, 0.2) is 24.3 Å². The number of carbonyl (C=O) groups excluding carboxylic acids is 1. The van der Waals surface area contributed by atoms with Crippen molar-refractivity contribution in [2.45, 2.75) is 44.2 Å². The van der Waals surface area contributed by atoms with Crippen LogP contribution in [-0.4, -0.2) is 35.2 Å². The van der Waals surface area contributed by atoms with Crippen LogP contribution in [0.3, 0.4) is 0 Å². The molecule has 1 aromatic carbocycles. The molecule has 0 heterocycles. The van der Waals surface area contributed by atoms with Gasteiger partial charge < -0.3 is 21.1 Å². The van der Waals surface area contributed by atoms with Gasteiger partial charge in [-0.1, -0.05) is 25.0 Å². The van der Waals surface area contributed by atoms with E-state index in [0.717, 1.165) is 36.9 Å². The lowest BCUT2D eigenvalue weighted by Gasteiger charge is -2.28. The number of benzene rings is 1. The Morgan fingerprint density at radius 2 is 2.14 bits per heavy atom. The maximum Gasteiger partial charge on any atom is 0.321 e. The normalized spacial score (nSPS) is 18.3. The molecule has 0 bridgehead atoms. The van der Waals surface area contributed by atoms with Gasteiger partial charge in [-0.3, -0.25) is 0 Å². The van der Waals surface area contributed by atoms with Gasteiger partial charge >= 0.3 is 6.03 Å². The minimum atomic E-state index is -0.723. The number of hydrogen-bond donors (Lipinski definition) is 3. The molecule has 4 N–H and O–H groups in total. The van der Waals surface area contributed by atoms with Crippen molar-refractivity contribution in [1.82, 2.24) is 4.90 Å². The Hall–Kier alpha value is -1.59. The summed E-state index contributed by atoms with van der Waals surface area (Å²) < 4.78 is 0. The van der Waals surface area contributed by atoms with E-state index in [1.807, 2.05) is 31.2 Å². The van der Waals surface area contributed by atoms with Crippen molar-refractivity contribution in [3.05, 3.63) is 29.8 Å². The quantitative estimate of drug-likeness (QED) is 0.797. The zero-order valence-corrected chi connectivity index (χ0v) is 12.8. The molecule has 1 aliphatic rings. The summed E-state index contributed by atoms with van der Waals surface area (Å²) in [6.07, 6.45) is 3.60. The predicted molar refractivity (Wildman–Crippen MR) is 84.1 cm³/mol. The molecule has 0 aliphatic heterocycles. The third kappa shape index (κ3) is 4.19. The van der Waals surface area contributed by atoms with Gasteiger partial charge in [0.25, 0.3) is 0 Å². The molecule has 0 aromatic heterocycles. The molecule has 2 rings (SSSR count). The molecule has 116 valence electrons. The van der Waals surface area contributed by atoms with Gasteiger partial charge in [-0.05, 0) is 37.5 Å². The second-order valence-electron chi connectivity index (χ2n) is 6.13. The average Bonchev–Trinajstić information content (AvgIpc) is 2.85. The summed E-state index contributed by atoms with van der Waals surface area (Å²) in [5.74, 6) is 0. The Labute approximate surface area is 126 Å². The SMILES string of the molecule is CC(N)c1cccc(NC(=O)N(C)CC2(O)CCCC2)c1. The zero-order valence-electron chi connectivity index (χ0n) is 12.8. The van der Waals surface area contributed by atoms with Crippen molar-refractivity contribution in [2.24, 2.45) is 5.73 Å². The lowest BCUT2D eigenvalue weighted by Crippen LogP contribution is -2.43. The molecule has 0 radical (unpaired) electrons. The number of nitrogens with zero attached hydrogens (tertiary/aromatic N) is 1. The van der Waals surface area contributed by atoms with Crippen molar-refractivity contribution < 1.29 is 9.90 Å². The second kappa shape index (κ2) is 6.45. The summed E-state index contributed by atoms with van der Waals surface area (Å²) in [5.41, 5.74) is 6.82. The number of hydrogen-bond acceptors (Lipinski definition) is 3. The summed E-state index contributed by atoms with van der Waals surface area (Å²) in [7, 11) is 1.71. The van der Waals surface area contributed by atoms with Crippen LogP contribution in [0.25, 0.3) is 0 Å². The molecule has 0 saturated heterocycles. The number of aliphatic hydroxyl groups is 1. The second-order valence-corrected chi connectivity index (χ2v) is 6.13. The molecule has 1 atom stereocenters. The Kier molecular flexibility index (Phi) is 4.85. The molecule has 21 heavy (non-hydrogen) atoms. The van der Waals surface area contributed by atoms with E-state index in [1.165, 1.54) is 0 Å². The maximum absolute atomic E-state index is 12.2. The number of urea groups is 1. The fourth-order valence-corrected chi connectivity index (χ4v) is 2.82. The first-order chi connectivity index (χ1) is 9.89. The van der Waals surface area contributed by atoms with E-state index in [0.29, 0.717) is 6.54 Å². The summed E-state index contributed by atoms with van der Waals surface area (Å²) in [6.45, 7) is 2.27. The summed E-state index contributed by atoms with van der Waals surface area (Å²) >= 11 is 0. The number of likely N-dealkylation sites (N-methyl/N-ethyl adjacent to an activating group) is 1. The van der Waals surface area contributed by atoms with Gasteiger partial charge in [0, 0.05) is 18.8 Å². The molecule has 1 fully saturated rings. The molecule has 5 heteroatoms. The Morgan fingerprint density at radius 1 is 1.48 bits per heavy atom. The number of rotatable bonds is 4. The van der Waals surface area contributed by atoms with Gasteiger partial charge in [-0.25, -0.2) is 4.79 Å². The third-order valence-corrected chi connectivity index (χ3v) is 4.08. The average molecular weight is 291 g/mol. The van der Waals surface area contributed by atoms with Crippen molar-refractivity contribution in [3.8, 4) is 0 Å². The van der Waals surface area contributed by atoms with E-state index in [-0.39, 0.29) is 12.1 Å². The first kappa shape index (κ1) is 15.8. The number of nitrogens with one attached hydrogen (secondary N) is 1. The van der Waals surface area contributed by atoms with Gasteiger partial charge in [0.05, 0.1) is 12.1 Å². The number of carbonyl (C=O) groups is 1. The van der Waals surface area contributed by atoms with Crippen LogP contribution < -0.4 is 11.1 Å². The van der Waals surface area contributed by atoms with Crippen LogP contribution in [0, 0.1) is 0 Å². The van der Waals surface area contributed by atoms with Crippen LogP contribution in [0.4, 0.5) is 10.5 Å². The van der Waals surface area contributed by atoms with Crippen LogP contribution in [0.5, 0.6) is 0 Å². The van der Waals surface area contributed by atoms with Gasteiger partial charge in [0.15, 0.2) is 0 Å². The Balaban J connectivity index is 1.95. The van der Waals surface area contributed by atoms with Gasteiger partial charge in [0.1, 0.15) is 0 Å². The topological polar surface area (TPSA) is 78.6 Å². The van der Waals surface area contributed by atoms with Gasteiger partial charge in [-0.15, -0.1) is 0 Å². The summed E-state index contributed by atoms with van der Waals surface area (Å²) in [4.78, 5) is 13.7.